The Labute approximate surface area is 87.9 Å². The van der Waals surface area contributed by atoms with Crippen LogP contribution in [0.25, 0.3) is 0 Å². The monoisotopic (exact) mass is 242 g/mol. The molecule has 0 saturated carbocycles. The second kappa shape index (κ2) is 4.72. The van der Waals surface area contributed by atoms with Gasteiger partial charge in [0.2, 0.25) is 0 Å². The Morgan fingerprint density at radius 3 is 2.85 bits per heavy atom. The van der Waals surface area contributed by atoms with E-state index in [1.807, 2.05) is 13.1 Å². The zero-order valence-corrected chi connectivity index (χ0v) is 9.85. The fraction of sp³-hybridized carbons (Fsp3) is 0.500. The Hall–Kier alpha value is -0.410. The maximum Gasteiger partial charge on any atom is 0.0514 e. The summed E-state index contributed by atoms with van der Waals surface area (Å²) in [7, 11) is 0. The third kappa shape index (κ3) is 2.78. The molecule has 0 aliphatic heterocycles. The van der Waals surface area contributed by atoms with Gasteiger partial charge in [-0.2, -0.15) is 0 Å². The lowest BCUT2D eigenvalue weighted by Crippen LogP contribution is -2.17. The molecule has 0 saturated heterocycles. The van der Waals surface area contributed by atoms with E-state index in [4.69, 9.17) is 0 Å². The summed E-state index contributed by atoms with van der Waals surface area (Å²) < 4.78 is 1.08. The quantitative estimate of drug-likeness (QED) is 0.882. The van der Waals surface area contributed by atoms with Crippen molar-refractivity contribution in [1.82, 2.24) is 10.3 Å². The minimum atomic E-state index is 0.370. The predicted octanol–water partition coefficient (Wildman–Crippen LogP) is 2.82. The van der Waals surface area contributed by atoms with Crippen LogP contribution in [-0.2, 0) is 0 Å². The molecule has 1 aromatic rings. The summed E-state index contributed by atoms with van der Waals surface area (Å²) in [6.07, 6.45) is 1.92. The summed E-state index contributed by atoms with van der Waals surface area (Å²) in [5.41, 5.74) is 2.26. The molecule has 0 aliphatic carbocycles. The molecule has 0 unspecified atom stereocenters. The Kier molecular flexibility index (Phi) is 3.88. The Bertz CT molecular complexity index is 286. The van der Waals surface area contributed by atoms with Gasteiger partial charge in [0.1, 0.15) is 0 Å². The number of aryl methyl sites for hydroxylation is 1. The van der Waals surface area contributed by atoms with Gasteiger partial charge in [-0.1, -0.05) is 6.92 Å². The molecule has 3 heteroatoms. The zero-order chi connectivity index (χ0) is 9.84. The Morgan fingerprint density at radius 2 is 2.31 bits per heavy atom. The molecule has 1 N–H and O–H groups in total. The SMILES string of the molecule is CCN[C@H](C)c1cnc(C)c(Br)c1. The second-order valence-electron chi connectivity index (χ2n) is 3.12. The van der Waals surface area contributed by atoms with E-state index in [9.17, 15) is 0 Å². The van der Waals surface area contributed by atoms with Crippen molar-refractivity contribution in [2.24, 2.45) is 0 Å². The normalized spacial score (nSPS) is 12.9. The summed E-state index contributed by atoms with van der Waals surface area (Å²) >= 11 is 3.48. The first kappa shape index (κ1) is 10.7. The maximum absolute atomic E-state index is 4.30. The van der Waals surface area contributed by atoms with Gasteiger partial charge >= 0.3 is 0 Å². The van der Waals surface area contributed by atoms with Gasteiger partial charge in [0, 0.05) is 16.7 Å². The Balaban J connectivity index is 2.84. The summed E-state index contributed by atoms with van der Waals surface area (Å²) in [5, 5.41) is 3.35. The summed E-state index contributed by atoms with van der Waals surface area (Å²) in [5.74, 6) is 0. The predicted molar refractivity (Wildman–Crippen MR) is 58.8 cm³/mol. The van der Waals surface area contributed by atoms with Crippen LogP contribution in [0.15, 0.2) is 16.7 Å². The third-order valence-corrected chi connectivity index (χ3v) is 2.86. The molecule has 0 amide bonds. The molecule has 1 heterocycles. The third-order valence-electron chi connectivity index (χ3n) is 2.06. The largest absolute Gasteiger partial charge is 0.310 e. The van der Waals surface area contributed by atoms with Crippen molar-refractivity contribution < 1.29 is 0 Å². The van der Waals surface area contributed by atoms with Crippen molar-refractivity contribution in [2.45, 2.75) is 26.8 Å². The lowest BCUT2D eigenvalue weighted by Gasteiger charge is -2.12. The van der Waals surface area contributed by atoms with Crippen LogP contribution in [-0.4, -0.2) is 11.5 Å². The minimum absolute atomic E-state index is 0.370. The van der Waals surface area contributed by atoms with Crippen molar-refractivity contribution >= 4 is 15.9 Å². The van der Waals surface area contributed by atoms with Crippen molar-refractivity contribution in [1.29, 1.82) is 0 Å². The van der Waals surface area contributed by atoms with Crippen LogP contribution >= 0.6 is 15.9 Å². The summed E-state index contributed by atoms with van der Waals surface area (Å²) in [4.78, 5) is 4.30. The molecular formula is C10H15BrN2. The van der Waals surface area contributed by atoms with Gasteiger partial charge in [-0.25, -0.2) is 0 Å². The Morgan fingerprint density at radius 1 is 1.62 bits per heavy atom. The molecule has 72 valence electrons. The van der Waals surface area contributed by atoms with Crippen molar-refractivity contribution in [3.63, 3.8) is 0 Å². The maximum atomic E-state index is 4.30. The van der Waals surface area contributed by atoms with E-state index >= 15 is 0 Å². The van der Waals surface area contributed by atoms with Crippen LogP contribution in [0.4, 0.5) is 0 Å². The smallest absolute Gasteiger partial charge is 0.0514 e. The highest BCUT2D eigenvalue weighted by Crippen LogP contribution is 2.19. The first-order valence-corrected chi connectivity index (χ1v) is 5.30. The van der Waals surface area contributed by atoms with Gasteiger partial charge in [0.05, 0.1) is 5.69 Å². The standard InChI is InChI=1S/C10H15BrN2/c1-4-12-7(2)9-5-10(11)8(3)13-6-9/h5-7,12H,4H2,1-3H3/t7-/m1/s1. The number of nitrogens with one attached hydrogen (secondary N) is 1. The fourth-order valence-corrected chi connectivity index (χ4v) is 1.55. The first-order chi connectivity index (χ1) is 6.15. The van der Waals surface area contributed by atoms with E-state index < -0.39 is 0 Å². The molecule has 1 atom stereocenters. The molecule has 2 nitrogen and oxygen atoms in total. The van der Waals surface area contributed by atoms with E-state index in [0.29, 0.717) is 6.04 Å². The first-order valence-electron chi connectivity index (χ1n) is 4.50. The molecule has 0 fully saturated rings. The van der Waals surface area contributed by atoms with Crippen LogP contribution < -0.4 is 5.32 Å². The van der Waals surface area contributed by atoms with Gasteiger partial charge < -0.3 is 5.32 Å². The number of hydrogen-bond donors (Lipinski definition) is 1. The average Bonchev–Trinajstić information content (AvgIpc) is 2.10. The number of hydrogen-bond acceptors (Lipinski definition) is 2. The van der Waals surface area contributed by atoms with Gasteiger partial charge in [-0.15, -0.1) is 0 Å². The molecule has 0 aromatic carbocycles. The minimum Gasteiger partial charge on any atom is -0.310 e. The number of nitrogens with zero attached hydrogens (tertiary/aromatic N) is 1. The highest BCUT2D eigenvalue weighted by molar-refractivity contribution is 9.10. The van der Waals surface area contributed by atoms with Crippen LogP contribution in [0.5, 0.6) is 0 Å². The molecule has 0 spiro atoms. The summed E-state index contributed by atoms with van der Waals surface area (Å²) in [6, 6.07) is 2.49. The van der Waals surface area contributed by atoms with Gasteiger partial charge in [0.25, 0.3) is 0 Å². The van der Waals surface area contributed by atoms with Gasteiger partial charge in [-0.05, 0) is 48.0 Å². The van der Waals surface area contributed by atoms with E-state index in [1.165, 1.54) is 5.56 Å². The molecule has 0 aliphatic rings. The fourth-order valence-electron chi connectivity index (χ4n) is 1.18. The van der Waals surface area contributed by atoms with Crippen molar-refractivity contribution in [2.75, 3.05) is 6.54 Å². The van der Waals surface area contributed by atoms with Crippen LogP contribution in [0.1, 0.15) is 31.1 Å². The van der Waals surface area contributed by atoms with E-state index in [-0.39, 0.29) is 0 Å². The van der Waals surface area contributed by atoms with E-state index in [2.05, 4.69) is 46.1 Å². The molecular weight excluding hydrogens is 228 g/mol. The number of aromatic nitrogens is 1. The van der Waals surface area contributed by atoms with E-state index in [1.54, 1.807) is 0 Å². The van der Waals surface area contributed by atoms with E-state index in [0.717, 1.165) is 16.7 Å². The molecule has 1 rings (SSSR count). The lowest BCUT2D eigenvalue weighted by atomic mass is 10.1. The zero-order valence-electron chi connectivity index (χ0n) is 8.26. The molecule has 13 heavy (non-hydrogen) atoms. The number of halogens is 1. The molecule has 0 bridgehead atoms. The van der Waals surface area contributed by atoms with Crippen LogP contribution in [0.3, 0.4) is 0 Å². The highest BCUT2D eigenvalue weighted by atomic mass is 79.9. The van der Waals surface area contributed by atoms with Crippen LogP contribution in [0, 0.1) is 6.92 Å². The highest BCUT2D eigenvalue weighted by Gasteiger charge is 2.05. The average molecular weight is 243 g/mol. The lowest BCUT2D eigenvalue weighted by molar-refractivity contribution is 0.595. The number of pyridine rings is 1. The molecule has 0 radical (unpaired) electrons. The van der Waals surface area contributed by atoms with Crippen molar-refractivity contribution in [3.8, 4) is 0 Å². The number of rotatable bonds is 3. The van der Waals surface area contributed by atoms with Crippen molar-refractivity contribution in [3.05, 3.63) is 28.0 Å². The topological polar surface area (TPSA) is 24.9 Å². The second-order valence-corrected chi connectivity index (χ2v) is 3.97. The van der Waals surface area contributed by atoms with Gasteiger partial charge in [0.15, 0.2) is 0 Å². The van der Waals surface area contributed by atoms with Gasteiger partial charge in [-0.3, -0.25) is 4.98 Å². The molecule has 1 aromatic heterocycles. The van der Waals surface area contributed by atoms with Crippen LogP contribution in [0.2, 0.25) is 0 Å². The summed E-state index contributed by atoms with van der Waals surface area (Å²) in [6.45, 7) is 7.22.